The Kier molecular flexibility index (Phi) is 7.36. The van der Waals surface area contributed by atoms with E-state index in [4.69, 9.17) is 21.1 Å². The molecule has 0 aliphatic heterocycles. The van der Waals surface area contributed by atoms with Crippen LogP contribution in [0.1, 0.15) is 44.4 Å². The average Bonchev–Trinajstić information content (AvgIpc) is 2.63. The van der Waals surface area contributed by atoms with Gasteiger partial charge in [-0.25, -0.2) is 9.78 Å². The van der Waals surface area contributed by atoms with Crippen LogP contribution in [0.3, 0.4) is 0 Å². The number of rotatable bonds is 7. The Hall–Kier alpha value is -2.74. The average molecular weight is 444 g/mol. The minimum atomic E-state index is -4.60. The van der Waals surface area contributed by atoms with E-state index in [1.165, 1.54) is 13.0 Å². The van der Waals surface area contributed by atoms with E-state index < -0.39 is 17.7 Å². The third kappa shape index (κ3) is 5.66. The number of ether oxygens (including phenoxy) is 2. The molecule has 1 heterocycles. The number of nitrogens with zero attached hydrogens (tertiary/aromatic N) is 1. The van der Waals surface area contributed by atoms with Crippen molar-refractivity contribution in [2.24, 2.45) is 0 Å². The van der Waals surface area contributed by atoms with E-state index >= 15 is 0 Å². The zero-order valence-electron chi connectivity index (χ0n) is 16.8. The van der Waals surface area contributed by atoms with Gasteiger partial charge in [0.1, 0.15) is 16.5 Å². The second-order valence-corrected chi connectivity index (χ2v) is 7.13. The van der Waals surface area contributed by atoms with Crippen molar-refractivity contribution in [1.29, 1.82) is 0 Å². The Bertz CT molecular complexity index is 971. The minimum Gasteiger partial charge on any atom is -0.491 e. The van der Waals surface area contributed by atoms with Gasteiger partial charge in [-0.1, -0.05) is 18.5 Å². The lowest BCUT2D eigenvalue weighted by Gasteiger charge is -2.19. The Morgan fingerprint density at radius 3 is 2.50 bits per heavy atom. The first-order chi connectivity index (χ1) is 13.9. The number of carbonyl (C=O) groups is 1. The molecule has 1 aromatic carbocycles. The number of pyridine rings is 1. The molecule has 0 spiro atoms. The number of aliphatic carboxylic acids is 1. The van der Waals surface area contributed by atoms with E-state index in [1.807, 2.05) is 20.8 Å². The molecule has 30 heavy (non-hydrogen) atoms. The van der Waals surface area contributed by atoms with Crippen molar-refractivity contribution in [1.82, 2.24) is 4.98 Å². The van der Waals surface area contributed by atoms with Gasteiger partial charge in [0.25, 0.3) is 0 Å². The number of carboxylic acids is 1. The van der Waals surface area contributed by atoms with Gasteiger partial charge in [-0.2, -0.15) is 13.2 Å². The lowest BCUT2D eigenvalue weighted by Crippen LogP contribution is -2.09. The lowest BCUT2D eigenvalue weighted by atomic mass is 10.0. The Balaban J connectivity index is 2.63. The molecule has 0 amide bonds. The first-order valence-electron chi connectivity index (χ1n) is 9.08. The summed E-state index contributed by atoms with van der Waals surface area (Å²) in [5, 5.41) is 8.87. The summed E-state index contributed by atoms with van der Waals surface area (Å²) in [4.78, 5) is 15.0. The van der Waals surface area contributed by atoms with E-state index in [-0.39, 0.29) is 28.3 Å². The number of hydrogen-bond donors (Lipinski definition) is 1. The van der Waals surface area contributed by atoms with Crippen molar-refractivity contribution in [3.8, 4) is 17.4 Å². The van der Waals surface area contributed by atoms with Gasteiger partial charge in [0.05, 0.1) is 11.7 Å². The standard InChI is InChI=1S/C21H21ClF3NO4/c1-5-15-17(29-11(2)3)7-6-13(8-12(4)20(27)28)18(15)30-19-16(22)9-14(10-26-19)21(23,24)25/h6-11H,5H2,1-4H3,(H,27,28)/b12-8+. The molecule has 0 radical (unpaired) electrons. The predicted octanol–water partition coefficient (Wildman–Crippen LogP) is 6.38. The molecule has 0 aliphatic carbocycles. The van der Waals surface area contributed by atoms with E-state index in [0.29, 0.717) is 29.5 Å². The van der Waals surface area contributed by atoms with Crippen LogP contribution < -0.4 is 9.47 Å². The molecule has 0 saturated heterocycles. The van der Waals surface area contributed by atoms with Crippen molar-refractivity contribution in [2.45, 2.75) is 46.4 Å². The molecule has 1 aromatic heterocycles. The SMILES string of the molecule is CCc1c(OC(C)C)ccc(/C=C(\C)C(=O)O)c1Oc1ncc(C(F)(F)F)cc1Cl. The molecular weight excluding hydrogens is 423 g/mol. The molecule has 2 rings (SSSR count). The quantitative estimate of drug-likeness (QED) is 0.502. The molecular formula is C21H21ClF3NO4. The number of benzene rings is 1. The lowest BCUT2D eigenvalue weighted by molar-refractivity contribution is -0.138. The van der Waals surface area contributed by atoms with Crippen LogP contribution in [0.4, 0.5) is 13.2 Å². The molecule has 0 saturated carbocycles. The fraction of sp³-hybridized carbons (Fsp3) is 0.333. The van der Waals surface area contributed by atoms with E-state index in [0.717, 1.165) is 6.07 Å². The molecule has 1 N–H and O–H groups in total. The van der Waals surface area contributed by atoms with Gasteiger partial charge in [0.2, 0.25) is 5.88 Å². The molecule has 0 unspecified atom stereocenters. The Morgan fingerprint density at radius 2 is 2.00 bits per heavy atom. The van der Waals surface area contributed by atoms with Crippen LogP contribution >= 0.6 is 11.6 Å². The van der Waals surface area contributed by atoms with Crippen LogP contribution in [0.5, 0.6) is 17.4 Å². The van der Waals surface area contributed by atoms with Gasteiger partial charge in [0.15, 0.2) is 0 Å². The maximum Gasteiger partial charge on any atom is 0.417 e. The predicted molar refractivity (Wildman–Crippen MR) is 107 cm³/mol. The summed E-state index contributed by atoms with van der Waals surface area (Å²) in [6.45, 7) is 6.95. The Labute approximate surface area is 177 Å². The van der Waals surface area contributed by atoms with Crippen LogP contribution in [0.25, 0.3) is 6.08 Å². The van der Waals surface area contributed by atoms with Crippen LogP contribution in [-0.2, 0) is 17.4 Å². The number of aromatic nitrogens is 1. The van der Waals surface area contributed by atoms with Gasteiger partial charge in [0, 0.05) is 22.9 Å². The van der Waals surface area contributed by atoms with Gasteiger partial charge >= 0.3 is 12.1 Å². The maximum absolute atomic E-state index is 12.9. The third-order valence-electron chi connectivity index (χ3n) is 4.01. The maximum atomic E-state index is 12.9. The van der Waals surface area contributed by atoms with E-state index in [1.54, 1.807) is 12.1 Å². The zero-order chi connectivity index (χ0) is 22.6. The van der Waals surface area contributed by atoms with Crippen LogP contribution in [0.15, 0.2) is 30.0 Å². The van der Waals surface area contributed by atoms with Gasteiger partial charge < -0.3 is 14.6 Å². The molecule has 162 valence electrons. The fourth-order valence-electron chi connectivity index (χ4n) is 2.61. The normalized spacial score (nSPS) is 12.2. The molecule has 0 atom stereocenters. The number of alkyl halides is 3. The first kappa shape index (κ1) is 23.5. The molecule has 5 nitrogen and oxygen atoms in total. The minimum absolute atomic E-state index is 0.0471. The summed E-state index contributed by atoms with van der Waals surface area (Å²) in [5.41, 5.74) is 0.0502. The van der Waals surface area contributed by atoms with Gasteiger partial charge in [-0.15, -0.1) is 0 Å². The topological polar surface area (TPSA) is 68.7 Å². The number of hydrogen-bond acceptors (Lipinski definition) is 4. The largest absolute Gasteiger partial charge is 0.491 e. The van der Waals surface area contributed by atoms with Crippen molar-refractivity contribution in [3.05, 3.63) is 51.7 Å². The second kappa shape index (κ2) is 9.38. The van der Waals surface area contributed by atoms with Crippen LogP contribution in [-0.4, -0.2) is 22.2 Å². The van der Waals surface area contributed by atoms with Crippen molar-refractivity contribution >= 4 is 23.6 Å². The zero-order valence-corrected chi connectivity index (χ0v) is 17.6. The number of carboxylic acid groups (broad SMARTS) is 1. The summed E-state index contributed by atoms with van der Waals surface area (Å²) < 4.78 is 50.3. The van der Waals surface area contributed by atoms with Gasteiger partial charge in [-0.3, -0.25) is 0 Å². The highest BCUT2D eigenvalue weighted by Crippen LogP contribution is 2.40. The summed E-state index contributed by atoms with van der Waals surface area (Å²) in [6, 6.07) is 4.02. The summed E-state index contributed by atoms with van der Waals surface area (Å²) in [5.74, 6) is -0.628. The molecule has 0 bridgehead atoms. The smallest absolute Gasteiger partial charge is 0.417 e. The van der Waals surface area contributed by atoms with Crippen LogP contribution in [0, 0.1) is 0 Å². The highest BCUT2D eigenvalue weighted by molar-refractivity contribution is 6.31. The van der Waals surface area contributed by atoms with E-state index in [2.05, 4.69) is 4.98 Å². The summed E-state index contributed by atoms with van der Waals surface area (Å²) in [7, 11) is 0. The first-order valence-corrected chi connectivity index (χ1v) is 9.46. The van der Waals surface area contributed by atoms with Crippen molar-refractivity contribution in [2.75, 3.05) is 0 Å². The van der Waals surface area contributed by atoms with Crippen molar-refractivity contribution < 1.29 is 32.5 Å². The molecule has 9 heteroatoms. The van der Waals surface area contributed by atoms with Crippen LogP contribution in [0.2, 0.25) is 5.02 Å². The molecule has 2 aromatic rings. The summed E-state index contributed by atoms with van der Waals surface area (Å²) in [6.07, 6.45) is -2.27. The van der Waals surface area contributed by atoms with Crippen molar-refractivity contribution in [3.63, 3.8) is 0 Å². The van der Waals surface area contributed by atoms with Gasteiger partial charge in [-0.05, 0) is 51.5 Å². The fourth-order valence-corrected chi connectivity index (χ4v) is 2.81. The number of halogens is 4. The highest BCUT2D eigenvalue weighted by atomic mass is 35.5. The molecule has 0 fully saturated rings. The molecule has 0 aliphatic rings. The Morgan fingerprint density at radius 1 is 1.33 bits per heavy atom. The third-order valence-corrected chi connectivity index (χ3v) is 4.28. The highest BCUT2D eigenvalue weighted by Gasteiger charge is 2.32. The second-order valence-electron chi connectivity index (χ2n) is 6.72. The summed E-state index contributed by atoms with van der Waals surface area (Å²) >= 11 is 5.99. The van der Waals surface area contributed by atoms with E-state index in [9.17, 15) is 23.1 Å². The monoisotopic (exact) mass is 443 g/mol.